The Morgan fingerprint density at radius 2 is 1.66 bits per heavy atom. The van der Waals surface area contributed by atoms with Gasteiger partial charge < -0.3 is 4.74 Å². The van der Waals surface area contributed by atoms with Crippen LogP contribution in [0.5, 0.6) is 0 Å². The maximum atomic E-state index is 5.79. The lowest BCUT2D eigenvalue weighted by atomic mass is 10.0. The molecule has 0 unspecified atom stereocenters. The van der Waals surface area contributed by atoms with Crippen molar-refractivity contribution < 1.29 is 4.74 Å². The van der Waals surface area contributed by atoms with Gasteiger partial charge in [-0.05, 0) is 68.4 Å². The first kappa shape index (κ1) is 26.4. The second-order valence-corrected chi connectivity index (χ2v) is 16.4. The van der Waals surface area contributed by atoms with E-state index in [1.165, 1.54) is 5.56 Å². The van der Waals surface area contributed by atoms with Crippen LogP contribution < -0.4 is 0 Å². The van der Waals surface area contributed by atoms with Crippen molar-refractivity contribution in [1.29, 1.82) is 0 Å². The molecule has 0 radical (unpaired) electrons. The molecule has 1 aromatic heterocycles. The van der Waals surface area contributed by atoms with Crippen molar-refractivity contribution in [3.05, 3.63) is 35.5 Å². The van der Waals surface area contributed by atoms with Crippen LogP contribution in [-0.2, 0) is 11.3 Å². The fraction of sp³-hybridized carbons (Fsp3) is 0.630. The maximum Gasteiger partial charge on any atom is 0.146 e. The van der Waals surface area contributed by atoms with Gasteiger partial charge in [0.25, 0.3) is 0 Å². The summed E-state index contributed by atoms with van der Waals surface area (Å²) in [6.07, 6.45) is 2.94. The molecule has 0 aliphatic rings. The molecule has 2 aromatic rings. The average Bonchev–Trinajstić information content (AvgIpc) is 3.14. The smallest absolute Gasteiger partial charge is 0.146 e. The number of aryl methyl sites for hydroxylation is 2. The predicted octanol–water partition coefficient (Wildman–Crippen LogP) is 7.03. The van der Waals surface area contributed by atoms with E-state index in [1.54, 1.807) is 0 Å². The minimum Gasteiger partial charge on any atom is -0.376 e. The van der Waals surface area contributed by atoms with E-state index >= 15 is 0 Å². The molecule has 2 rings (SSSR count). The van der Waals surface area contributed by atoms with E-state index in [2.05, 4.69) is 109 Å². The van der Waals surface area contributed by atoms with Gasteiger partial charge in [0.05, 0.1) is 11.8 Å². The Morgan fingerprint density at radius 1 is 1.03 bits per heavy atom. The van der Waals surface area contributed by atoms with E-state index in [0.717, 1.165) is 36.4 Å². The van der Waals surface area contributed by atoms with Crippen molar-refractivity contribution in [3.63, 3.8) is 0 Å². The standard InChI is InChI=1S/C27H43N3OSi/c1-20(2)32(21(3)4,22(5)6)17-14-24-12-13-25(18-23(24)7)26-19-30(29-28-26)15-11-16-31-27(8,9)10/h12-13,18-22H,11,15-16H2,1-10H3. The summed E-state index contributed by atoms with van der Waals surface area (Å²) >= 11 is 0. The zero-order chi connectivity index (χ0) is 24.1. The molecular weight excluding hydrogens is 410 g/mol. The van der Waals surface area contributed by atoms with Crippen LogP contribution in [0, 0.1) is 18.4 Å². The van der Waals surface area contributed by atoms with Crippen LogP contribution >= 0.6 is 0 Å². The van der Waals surface area contributed by atoms with Crippen LogP contribution in [0.3, 0.4) is 0 Å². The number of aromatic nitrogens is 3. The molecule has 4 nitrogen and oxygen atoms in total. The molecule has 0 aliphatic heterocycles. The molecule has 1 aromatic carbocycles. The van der Waals surface area contributed by atoms with Gasteiger partial charge in [0.1, 0.15) is 13.8 Å². The highest BCUT2D eigenvalue weighted by molar-refractivity contribution is 6.90. The monoisotopic (exact) mass is 453 g/mol. The van der Waals surface area contributed by atoms with Gasteiger partial charge in [-0.25, -0.2) is 0 Å². The maximum absolute atomic E-state index is 5.79. The van der Waals surface area contributed by atoms with Crippen molar-refractivity contribution in [3.8, 4) is 22.7 Å². The van der Waals surface area contributed by atoms with Gasteiger partial charge in [-0.3, -0.25) is 4.68 Å². The molecule has 0 spiro atoms. The van der Waals surface area contributed by atoms with Crippen molar-refractivity contribution in [2.45, 2.75) is 104 Å². The highest BCUT2D eigenvalue weighted by Gasteiger charge is 2.41. The first-order chi connectivity index (χ1) is 14.9. The lowest BCUT2D eigenvalue weighted by molar-refractivity contribution is -0.00558. The van der Waals surface area contributed by atoms with Crippen molar-refractivity contribution >= 4 is 8.07 Å². The molecule has 0 atom stereocenters. The summed E-state index contributed by atoms with van der Waals surface area (Å²) in [5.41, 5.74) is 9.96. The third-order valence-electron chi connectivity index (χ3n) is 6.41. The summed E-state index contributed by atoms with van der Waals surface area (Å²) in [4.78, 5) is 0. The summed E-state index contributed by atoms with van der Waals surface area (Å²) in [7, 11) is -1.73. The zero-order valence-electron chi connectivity index (χ0n) is 21.9. The number of hydrogen-bond donors (Lipinski definition) is 0. The predicted molar refractivity (Wildman–Crippen MR) is 138 cm³/mol. The fourth-order valence-corrected chi connectivity index (χ4v) is 9.93. The van der Waals surface area contributed by atoms with Gasteiger partial charge in [-0.15, -0.1) is 10.6 Å². The second-order valence-electron chi connectivity index (χ2n) is 10.9. The van der Waals surface area contributed by atoms with Crippen LogP contribution in [0.15, 0.2) is 24.4 Å². The summed E-state index contributed by atoms with van der Waals surface area (Å²) in [5, 5.41) is 8.68. The van der Waals surface area contributed by atoms with E-state index in [4.69, 9.17) is 4.74 Å². The lowest BCUT2D eigenvalue weighted by Gasteiger charge is -2.38. The summed E-state index contributed by atoms with van der Waals surface area (Å²) in [5.74, 6) is 3.58. The normalized spacial score (nSPS) is 12.5. The number of hydrogen-bond acceptors (Lipinski definition) is 3. The third kappa shape index (κ3) is 6.56. The minimum atomic E-state index is -1.73. The van der Waals surface area contributed by atoms with E-state index in [1.807, 2.05) is 10.9 Å². The molecule has 0 aliphatic carbocycles. The molecule has 176 valence electrons. The first-order valence-corrected chi connectivity index (χ1v) is 14.3. The third-order valence-corrected chi connectivity index (χ3v) is 12.7. The largest absolute Gasteiger partial charge is 0.376 e. The van der Waals surface area contributed by atoms with Crippen LogP contribution in [0.25, 0.3) is 11.3 Å². The van der Waals surface area contributed by atoms with Crippen LogP contribution in [-0.4, -0.2) is 35.3 Å². The Morgan fingerprint density at radius 3 is 2.19 bits per heavy atom. The van der Waals surface area contributed by atoms with Crippen molar-refractivity contribution in [2.75, 3.05) is 6.61 Å². The highest BCUT2D eigenvalue weighted by Crippen LogP contribution is 2.40. The molecule has 0 bridgehead atoms. The fourth-order valence-electron chi connectivity index (χ4n) is 4.72. The van der Waals surface area contributed by atoms with Crippen LogP contribution in [0.1, 0.15) is 79.9 Å². The lowest BCUT2D eigenvalue weighted by Crippen LogP contribution is -2.43. The second kappa shape index (κ2) is 10.8. The highest BCUT2D eigenvalue weighted by atomic mass is 28.3. The number of rotatable bonds is 8. The molecule has 0 fully saturated rings. The Kier molecular flexibility index (Phi) is 8.90. The Labute approximate surface area is 197 Å². The van der Waals surface area contributed by atoms with E-state index < -0.39 is 8.07 Å². The Hall–Kier alpha value is -1.90. The quantitative estimate of drug-likeness (QED) is 0.245. The Balaban J connectivity index is 2.17. The van der Waals surface area contributed by atoms with E-state index in [9.17, 15) is 0 Å². The molecule has 0 saturated carbocycles. The molecule has 0 saturated heterocycles. The van der Waals surface area contributed by atoms with Gasteiger partial charge in [0, 0.05) is 24.3 Å². The van der Waals surface area contributed by atoms with E-state index in [-0.39, 0.29) is 5.60 Å². The molecule has 1 heterocycles. The first-order valence-electron chi connectivity index (χ1n) is 12.0. The molecule has 0 N–H and O–H groups in total. The van der Waals surface area contributed by atoms with Gasteiger partial charge in [-0.1, -0.05) is 58.7 Å². The zero-order valence-corrected chi connectivity index (χ0v) is 22.9. The van der Waals surface area contributed by atoms with Gasteiger partial charge in [0.2, 0.25) is 0 Å². The van der Waals surface area contributed by atoms with Crippen LogP contribution in [0.4, 0.5) is 0 Å². The molecule has 5 heteroatoms. The van der Waals surface area contributed by atoms with Crippen molar-refractivity contribution in [1.82, 2.24) is 15.0 Å². The Bertz CT molecular complexity index is 920. The van der Waals surface area contributed by atoms with Gasteiger partial charge >= 0.3 is 0 Å². The number of benzene rings is 1. The van der Waals surface area contributed by atoms with Crippen molar-refractivity contribution in [2.24, 2.45) is 0 Å². The SMILES string of the molecule is Cc1cc(-c2cn(CCCOC(C)(C)C)nn2)ccc1C#C[Si](C(C)C)(C(C)C)C(C)C. The average molecular weight is 454 g/mol. The molecular formula is C27H43N3OSi. The van der Waals surface area contributed by atoms with Crippen LogP contribution in [0.2, 0.25) is 16.6 Å². The summed E-state index contributed by atoms with van der Waals surface area (Å²) in [6.45, 7) is 24.0. The molecule has 32 heavy (non-hydrogen) atoms. The van der Waals surface area contributed by atoms with Gasteiger partial charge in [0.15, 0.2) is 0 Å². The van der Waals surface area contributed by atoms with Gasteiger partial charge in [-0.2, -0.15) is 0 Å². The topological polar surface area (TPSA) is 39.9 Å². The minimum absolute atomic E-state index is 0.0999. The number of ether oxygens (including phenoxy) is 1. The summed E-state index contributed by atoms with van der Waals surface area (Å²) in [6, 6.07) is 6.45. The summed E-state index contributed by atoms with van der Waals surface area (Å²) < 4.78 is 7.69. The number of nitrogens with zero attached hydrogens (tertiary/aromatic N) is 3. The molecule has 0 amide bonds. The van der Waals surface area contributed by atoms with E-state index in [0.29, 0.717) is 16.6 Å².